The molecule has 0 aliphatic heterocycles. The second-order valence-corrected chi connectivity index (χ2v) is 4.89. The molecule has 0 aromatic rings. The Bertz CT molecular complexity index is 225. The number of methoxy groups -OCH3 is 2. The van der Waals surface area contributed by atoms with Gasteiger partial charge in [0.1, 0.15) is 0 Å². The van der Waals surface area contributed by atoms with Gasteiger partial charge < -0.3 is 19.4 Å². The number of hydrogen-bond acceptors (Lipinski definition) is 4. The van der Waals surface area contributed by atoms with Crippen molar-refractivity contribution in [3.8, 4) is 0 Å². The molecule has 0 unspecified atom stereocenters. The molecular weight excluding hydrogens is 259 g/mol. The molecule has 1 rings (SSSR count). The fourth-order valence-corrected chi connectivity index (χ4v) is 2.63. The van der Waals surface area contributed by atoms with E-state index in [0.29, 0.717) is 18.8 Å². The Morgan fingerprint density at radius 1 is 1.22 bits per heavy atom. The Morgan fingerprint density at radius 2 is 1.78 bits per heavy atom. The molecule has 5 heteroatoms. The van der Waals surface area contributed by atoms with Crippen LogP contribution in [0.5, 0.6) is 0 Å². The van der Waals surface area contributed by atoms with Crippen LogP contribution in [0.15, 0.2) is 0 Å². The molecule has 0 spiro atoms. The molecule has 0 N–H and O–H groups in total. The average molecular weight is 282 g/mol. The Kier molecular flexibility index (Phi) is 11.4. The zero-order chi connectivity index (χ0) is 12.7. The Hall–Kier alpha value is 1.03. The largest absolute Gasteiger partial charge is 1.00 e. The zero-order valence-corrected chi connectivity index (χ0v) is 14.9. The molecule has 0 radical (unpaired) electrons. The van der Waals surface area contributed by atoms with E-state index in [0.717, 1.165) is 12.8 Å². The van der Waals surface area contributed by atoms with E-state index < -0.39 is 18.2 Å². The van der Waals surface area contributed by atoms with Crippen molar-refractivity contribution >= 4 is 5.97 Å². The fourth-order valence-electron chi connectivity index (χ4n) is 2.63. The van der Waals surface area contributed by atoms with E-state index in [-0.39, 0.29) is 51.4 Å². The minimum atomic E-state index is -0.977. The normalized spacial score (nSPS) is 18.4. The standard InChI is InChI=1S/C13H24O4.K/c1-16-12(17-2)9-11(13(14)15)8-10-6-4-3-5-7-10;/h10-12H,3-9H2,1-2H3,(H,14,15);/q;+1/p-1/t11-;/m0./s1. The van der Waals surface area contributed by atoms with E-state index in [1.165, 1.54) is 33.5 Å². The smallest absolute Gasteiger partial charge is 0.550 e. The summed E-state index contributed by atoms with van der Waals surface area (Å²) < 4.78 is 10.1. The van der Waals surface area contributed by atoms with E-state index in [1.807, 2.05) is 0 Å². The summed E-state index contributed by atoms with van der Waals surface area (Å²) in [4.78, 5) is 11.1. The number of ether oxygens (including phenoxy) is 2. The van der Waals surface area contributed by atoms with Crippen molar-refractivity contribution in [3.05, 3.63) is 0 Å². The second-order valence-electron chi connectivity index (χ2n) is 4.89. The Morgan fingerprint density at radius 3 is 2.22 bits per heavy atom. The van der Waals surface area contributed by atoms with E-state index in [2.05, 4.69) is 0 Å². The molecule has 1 atom stereocenters. The van der Waals surface area contributed by atoms with Crippen molar-refractivity contribution in [1.82, 2.24) is 0 Å². The number of carbonyl (C=O) groups excluding carboxylic acids is 1. The monoisotopic (exact) mass is 282 g/mol. The number of rotatable bonds is 7. The van der Waals surface area contributed by atoms with Gasteiger partial charge in [0, 0.05) is 32.5 Å². The van der Waals surface area contributed by atoms with Crippen LogP contribution in [0.1, 0.15) is 44.9 Å². The maximum atomic E-state index is 11.1. The summed E-state index contributed by atoms with van der Waals surface area (Å²) in [5, 5.41) is 11.1. The molecule has 1 saturated carbocycles. The third-order valence-corrected chi connectivity index (χ3v) is 3.68. The maximum Gasteiger partial charge on any atom is 1.00 e. The van der Waals surface area contributed by atoms with Crippen molar-refractivity contribution in [3.63, 3.8) is 0 Å². The third kappa shape index (κ3) is 6.98. The van der Waals surface area contributed by atoms with Gasteiger partial charge in [-0.1, -0.05) is 32.1 Å². The van der Waals surface area contributed by atoms with Crippen molar-refractivity contribution < 1.29 is 70.8 Å². The molecule has 1 fully saturated rings. The fraction of sp³-hybridized carbons (Fsp3) is 0.923. The summed E-state index contributed by atoms with van der Waals surface area (Å²) in [6, 6.07) is 0. The summed E-state index contributed by atoms with van der Waals surface area (Å²) in [5.74, 6) is -0.904. The van der Waals surface area contributed by atoms with E-state index in [1.54, 1.807) is 0 Å². The van der Waals surface area contributed by atoms with Crippen molar-refractivity contribution in [2.24, 2.45) is 11.8 Å². The summed E-state index contributed by atoms with van der Waals surface area (Å²) >= 11 is 0. The van der Waals surface area contributed by atoms with Gasteiger partial charge >= 0.3 is 51.4 Å². The van der Waals surface area contributed by atoms with Gasteiger partial charge in [-0.05, 0) is 12.3 Å². The molecule has 4 nitrogen and oxygen atoms in total. The van der Waals surface area contributed by atoms with Crippen LogP contribution in [0.3, 0.4) is 0 Å². The molecule has 0 amide bonds. The Balaban J connectivity index is 0.00000289. The van der Waals surface area contributed by atoms with E-state index in [4.69, 9.17) is 9.47 Å². The average Bonchev–Trinajstić information content (AvgIpc) is 2.35. The first kappa shape index (κ1) is 19.0. The quantitative estimate of drug-likeness (QED) is 0.414. The first-order valence-electron chi connectivity index (χ1n) is 6.43. The van der Waals surface area contributed by atoms with Gasteiger partial charge in [-0.2, -0.15) is 0 Å². The molecular formula is C13H23KO4. The van der Waals surface area contributed by atoms with Gasteiger partial charge in [0.25, 0.3) is 0 Å². The molecule has 1 aliphatic rings. The van der Waals surface area contributed by atoms with Gasteiger partial charge in [0.15, 0.2) is 6.29 Å². The maximum absolute atomic E-state index is 11.1. The van der Waals surface area contributed by atoms with Crippen LogP contribution in [-0.4, -0.2) is 26.5 Å². The van der Waals surface area contributed by atoms with Crippen molar-refractivity contribution in [1.29, 1.82) is 0 Å². The number of carbonyl (C=O) groups is 1. The summed E-state index contributed by atoms with van der Waals surface area (Å²) in [6.07, 6.45) is 6.66. The summed E-state index contributed by atoms with van der Waals surface area (Å²) in [6.45, 7) is 0. The van der Waals surface area contributed by atoms with Crippen LogP contribution in [0, 0.1) is 11.8 Å². The van der Waals surface area contributed by atoms with Crippen molar-refractivity contribution in [2.75, 3.05) is 14.2 Å². The summed E-state index contributed by atoms with van der Waals surface area (Å²) in [7, 11) is 3.06. The van der Waals surface area contributed by atoms with Crippen molar-refractivity contribution in [2.45, 2.75) is 51.2 Å². The predicted octanol–water partition coefficient (Wildman–Crippen LogP) is -1.66. The number of hydrogen-bond donors (Lipinski definition) is 0. The molecule has 0 saturated heterocycles. The third-order valence-electron chi connectivity index (χ3n) is 3.68. The zero-order valence-electron chi connectivity index (χ0n) is 11.8. The Labute approximate surface area is 152 Å². The topological polar surface area (TPSA) is 58.6 Å². The van der Waals surface area contributed by atoms with Crippen LogP contribution in [-0.2, 0) is 14.3 Å². The molecule has 0 heterocycles. The van der Waals surface area contributed by atoms with Gasteiger partial charge in [0.05, 0.1) is 0 Å². The first-order chi connectivity index (χ1) is 8.17. The molecule has 1 aliphatic carbocycles. The molecule has 100 valence electrons. The van der Waals surface area contributed by atoms with Crippen LogP contribution in [0.25, 0.3) is 0 Å². The van der Waals surface area contributed by atoms with Crippen LogP contribution in [0.2, 0.25) is 0 Å². The molecule has 0 aromatic heterocycles. The number of carboxylic acid groups (broad SMARTS) is 1. The minimum absolute atomic E-state index is 0. The van der Waals surface area contributed by atoms with Crippen LogP contribution < -0.4 is 56.5 Å². The van der Waals surface area contributed by atoms with Gasteiger partial charge in [-0.25, -0.2) is 0 Å². The molecule has 0 aromatic carbocycles. The van der Waals surface area contributed by atoms with Gasteiger partial charge in [0.2, 0.25) is 0 Å². The number of aliphatic carboxylic acids is 1. The van der Waals surface area contributed by atoms with E-state index >= 15 is 0 Å². The molecule has 18 heavy (non-hydrogen) atoms. The van der Waals surface area contributed by atoms with Crippen LogP contribution >= 0.6 is 0 Å². The minimum Gasteiger partial charge on any atom is -0.550 e. The first-order valence-corrected chi connectivity index (χ1v) is 6.43. The van der Waals surface area contributed by atoms with Crippen LogP contribution in [0.4, 0.5) is 0 Å². The van der Waals surface area contributed by atoms with Gasteiger partial charge in [-0.3, -0.25) is 0 Å². The predicted molar refractivity (Wildman–Crippen MR) is 62.1 cm³/mol. The second kappa shape index (κ2) is 10.8. The van der Waals surface area contributed by atoms with E-state index in [9.17, 15) is 9.90 Å². The molecule has 0 bridgehead atoms. The number of carboxylic acids is 1. The van der Waals surface area contributed by atoms with Gasteiger partial charge in [-0.15, -0.1) is 0 Å². The SMILES string of the molecule is COC(C[C@H](CC1CCCCC1)C(=O)[O-])OC.[K+]. The summed E-state index contributed by atoms with van der Waals surface area (Å²) in [5.41, 5.74) is 0.